The standard InChI is InChI=1S/C20H18N2O3/c1-25-17-11-9-16(10-12-17)22-13-5-8-18(22)19(23)20(24)21-14-15-6-3-2-4-7-15/h2-13H,14H2,1H3,(H,21,24). The normalized spacial score (nSPS) is 10.3. The average molecular weight is 334 g/mol. The molecule has 0 atom stereocenters. The van der Waals surface area contributed by atoms with E-state index < -0.39 is 11.7 Å². The number of hydrogen-bond acceptors (Lipinski definition) is 3. The SMILES string of the molecule is COc1ccc(-n2cccc2C(=O)C(=O)NCc2ccccc2)cc1. The van der Waals surface area contributed by atoms with Crippen molar-refractivity contribution in [2.45, 2.75) is 6.54 Å². The van der Waals surface area contributed by atoms with Crippen molar-refractivity contribution in [1.29, 1.82) is 0 Å². The summed E-state index contributed by atoms with van der Waals surface area (Å²) in [6.07, 6.45) is 1.75. The van der Waals surface area contributed by atoms with Crippen LogP contribution in [0.3, 0.4) is 0 Å². The lowest BCUT2D eigenvalue weighted by atomic mass is 10.2. The van der Waals surface area contributed by atoms with Crippen LogP contribution < -0.4 is 10.1 Å². The van der Waals surface area contributed by atoms with Crippen molar-refractivity contribution in [1.82, 2.24) is 9.88 Å². The molecule has 2 aromatic carbocycles. The van der Waals surface area contributed by atoms with Crippen molar-refractivity contribution in [3.8, 4) is 11.4 Å². The van der Waals surface area contributed by atoms with Crippen LogP contribution in [0, 0.1) is 0 Å². The van der Waals surface area contributed by atoms with E-state index in [0.29, 0.717) is 12.2 Å². The van der Waals surface area contributed by atoms with Crippen molar-refractivity contribution in [2.75, 3.05) is 7.11 Å². The summed E-state index contributed by atoms with van der Waals surface area (Å²) in [6, 6.07) is 20.1. The van der Waals surface area contributed by atoms with Crippen LogP contribution in [0.4, 0.5) is 0 Å². The number of carbonyl (C=O) groups excluding carboxylic acids is 2. The maximum Gasteiger partial charge on any atom is 0.294 e. The summed E-state index contributed by atoms with van der Waals surface area (Å²) in [5, 5.41) is 2.66. The molecule has 0 saturated carbocycles. The van der Waals surface area contributed by atoms with Gasteiger partial charge in [0.05, 0.1) is 12.8 Å². The Kier molecular flexibility index (Phi) is 4.95. The number of methoxy groups -OCH3 is 1. The van der Waals surface area contributed by atoms with E-state index in [2.05, 4.69) is 5.32 Å². The quantitative estimate of drug-likeness (QED) is 0.557. The van der Waals surface area contributed by atoms with Crippen LogP contribution in [0.5, 0.6) is 5.75 Å². The monoisotopic (exact) mass is 334 g/mol. The number of rotatable bonds is 6. The summed E-state index contributed by atoms with van der Waals surface area (Å²) in [4.78, 5) is 24.7. The third-order valence-electron chi connectivity index (χ3n) is 3.83. The molecule has 1 aromatic heterocycles. The topological polar surface area (TPSA) is 60.3 Å². The van der Waals surface area contributed by atoms with E-state index in [1.165, 1.54) is 0 Å². The summed E-state index contributed by atoms with van der Waals surface area (Å²) >= 11 is 0. The largest absolute Gasteiger partial charge is 0.497 e. The van der Waals surface area contributed by atoms with Gasteiger partial charge in [0, 0.05) is 18.4 Å². The molecule has 25 heavy (non-hydrogen) atoms. The van der Waals surface area contributed by atoms with Crippen LogP contribution in [0.1, 0.15) is 16.1 Å². The third-order valence-corrected chi connectivity index (χ3v) is 3.83. The van der Waals surface area contributed by atoms with Crippen LogP contribution >= 0.6 is 0 Å². The molecule has 0 aliphatic carbocycles. The van der Waals surface area contributed by atoms with Gasteiger partial charge in [-0.1, -0.05) is 30.3 Å². The van der Waals surface area contributed by atoms with Crippen LogP contribution in [0.25, 0.3) is 5.69 Å². The van der Waals surface area contributed by atoms with Crippen molar-refractivity contribution in [3.05, 3.63) is 84.2 Å². The molecule has 0 aliphatic heterocycles. The Bertz CT molecular complexity index is 867. The molecule has 0 unspecified atom stereocenters. The summed E-state index contributed by atoms with van der Waals surface area (Å²) in [5.74, 6) is -0.474. The molecule has 126 valence electrons. The van der Waals surface area contributed by atoms with Crippen molar-refractivity contribution >= 4 is 11.7 Å². The van der Waals surface area contributed by atoms with Gasteiger partial charge in [0.2, 0.25) is 0 Å². The zero-order valence-corrected chi connectivity index (χ0v) is 13.8. The number of ether oxygens (including phenoxy) is 1. The van der Waals surface area contributed by atoms with Crippen LogP contribution in [0.15, 0.2) is 72.9 Å². The Morgan fingerprint density at radius 1 is 0.960 bits per heavy atom. The summed E-state index contributed by atoms with van der Waals surface area (Å²) in [6.45, 7) is 0.314. The smallest absolute Gasteiger partial charge is 0.294 e. The number of ketones is 1. The molecule has 3 aromatic rings. The zero-order valence-electron chi connectivity index (χ0n) is 13.8. The molecule has 0 bridgehead atoms. The number of aromatic nitrogens is 1. The highest BCUT2D eigenvalue weighted by Crippen LogP contribution is 2.17. The van der Waals surface area contributed by atoms with Gasteiger partial charge >= 0.3 is 0 Å². The molecular formula is C20H18N2O3. The highest BCUT2D eigenvalue weighted by Gasteiger charge is 2.20. The van der Waals surface area contributed by atoms with Gasteiger partial charge in [-0.15, -0.1) is 0 Å². The lowest BCUT2D eigenvalue weighted by Gasteiger charge is -2.10. The van der Waals surface area contributed by atoms with E-state index in [0.717, 1.165) is 17.0 Å². The van der Waals surface area contributed by atoms with Gasteiger partial charge in [-0.2, -0.15) is 0 Å². The molecule has 0 radical (unpaired) electrons. The van der Waals surface area contributed by atoms with E-state index >= 15 is 0 Å². The number of Topliss-reactive ketones (excluding diaryl/α,β-unsaturated/α-hetero) is 1. The molecule has 5 nitrogen and oxygen atoms in total. The van der Waals surface area contributed by atoms with Crippen molar-refractivity contribution in [2.24, 2.45) is 0 Å². The van der Waals surface area contributed by atoms with Crippen LogP contribution in [-0.2, 0) is 11.3 Å². The van der Waals surface area contributed by atoms with Gasteiger partial charge in [0.1, 0.15) is 5.75 Å². The van der Waals surface area contributed by atoms with Gasteiger partial charge in [0.25, 0.3) is 11.7 Å². The number of nitrogens with zero attached hydrogens (tertiary/aromatic N) is 1. The Morgan fingerprint density at radius 2 is 1.68 bits per heavy atom. The molecule has 0 fully saturated rings. The second-order valence-corrected chi connectivity index (χ2v) is 5.46. The van der Waals surface area contributed by atoms with Gasteiger partial charge in [-0.05, 0) is 42.0 Å². The fourth-order valence-electron chi connectivity index (χ4n) is 2.51. The van der Waals surface area contributed by atoms with Gasteiger partial charge in [-0.25, -0.2) is 0 Å². The predicted octanol–water partition coefficient (Wildman–Crippen LogP) is 2.99. The summed E-state index contributed by atoms with van der Waals surface area (Å²) < 4.78 is 6.82. The minimum Gasteiger partial charge on any atom is -0.497 e. The second kappa shape index (κ2) is 7.49. The average Bonchev–Trinajstić information content (AvgIpc) is 3.16. The van der Waals surface area contributed by atoms with Crippen molar-refractivity contribution < 1.29 is 14.3 Å². The second-order valence-electron chi connectivity index (χ2n) is 5.46. The van der Waals surface area contributed by atoms with Crippen LogP contribution in [-0.4, -0.2) is 23.4 Å². The van der Waals surface area contributed by atoms with E-state index in [4.69, 9.17) is 4.74 Å². The highest BCUT2D eigenvalue weighted by molar-refractivity contribution is 6.42. The minimum absolute atomic E-state index is 0.314. The first kappa shape index (κ1) is 16.5. The van der Waals surface area contributed by atoms with E-state index in [1.807, 2.05) is 42.5 Å². The molecule has 0 spiro atoms. The Morgan fingerprint density at radius 3 is 2.36 bits per heavy atom. The first-order valence-electron chi connectivity index (χ1n) is 7.87. The maximum atomic E-state index is 12.5. The lowest BCUT2D eigenvalue weighted by molar-refractivity contribution is -0.117. The summed E-state index contributed by atoms with van der Waals surface area (Å²) in [5.41, 5.74) is 2.04. The lowest BCUT2D eigenvalue weighted by Crippen LogP contribution is -2.31. The molecule has 1 amide bonds. The molecule has 1 heterocycles. The van der Waals surface area contributed by atoms with Crippen molar-refractivity contribution in [3.63, 3.8) is 0 Å². The van der Waals surface area contributed by atoms with E-state index in [-0.39, 0.29) is 0 Å². The molecule has 0 aliphatic rings. The minimum atomic E-state index is -0.627. The maximum absolute atomic E-state index is 12.5. The molecule has 3 rings (SSSR count). The fraction of sp³-hybridized carbons (Fsp3) is 0.100. The molecule has 0 saturated heterocycles. The number of carbonyl (C=O) groups is 2. The number of benzene rings is 2. The number of amides is 1. The highest BCUT2D eigenvalue weighted by atomic mass is 16.5. The van der Waals surface area contributed by atoms with Crippen LogP contribution in [0.2, 0.25) is 0 Å². The predicted molar refractivity (Wildman–Crippen MR) is 94.9 cm³/mol. The molecule has 5 heteroatoms. The first-order valence-corrected chi connectivity index (χ1v) is 7.87. The third kappa shape index (κ3) is 3.77. The Hall–Kier alpha value is -3.34. The van der Waals surface area contributed by atoms with E-state index in [1.54, 1.807) is 42.1 Å². The van der Waals surface area contributed by atoms with E-state index in [9.17, 15) is 9.59 Å². The fourth-order valence-corrected chi connectivity index (χ4v) is 2.51. The Labute approximate surface area is 145 Å². The van der Waals surface area contributed by atoms with Gasteiger partial charge < -0.3 is 14.6 Å². The van der Waals surface area contributed by atoms with Gasteiger partial charge in [0.15, 0.2) is 0 Å². The summed E-state index contributed by atoms with van der Waals surface area (Å²) in [7, 11) is 1.59. The van der Waals surface area contributed by atoms with Gasteiger partial charge in [-0.3, -0.25) is 9.59 Å². The zero-order chi connectivity index (χ0) is 17.6. The molecule has 1 N–H and O–H groups in total. The Balaban J connectivity index is 1.74. The number of hydrogen-bond donors (Lipinski definition) is 1. The molecular weight excluding hydrogens is 316 g/mol. The number of nitrogens with one attached hydrogen (secondary N) is 1. The first-order chi connectivity index (χ1) is 12.2.